The molecule has 1 aliphatic rings. The van der Waals surface area contributed by atoms with Crippen molar-refractivity contribution in [1.82, 2.24) is 4.90 Å². The lowest BCUT2D eigenvalue weighted by Crippen LogP contribution is -2.20. The summed E-state index contributed by atoms with van der Waals surface area (Å²) in [7, 11) is 2.01. The zero-order chi connectivity index (χ0) is 6.85. The highest BCUT2D eigenvalue weighted by atomic mass is 16.3. The van der Waals surface area contributed by atoms with Crippen LogP contribution < -0.4 is 0 Å². The van der Waals surface area contributed by atoms with Gasteiger partial charge in [0.2, 0.25) is 0 Å². The molecule has 0 unspecified atom stereocenters. The van der Waals surface area contributed by atoms with Gasteiger partial charge >= 0.3 is 0 Å². The van der Waals surface area contributed by atoms with Crippen molar-refractivity contribution in [2.24, 2.45) is 0 Å². The Labute approximate surface area is 55.8 Å². The molecule has 1 heterocycles. The molecule has 0 fully saturated rings. The lowest BCUT2D eigenvalue weighted by Gasteiger charge is -2.17. The van der Waals surface area contributed by atoms with Crippen LogP contribution in [-0.4, -0.2) is 29.7 Å². The lowest BCUT2D eigenvalue weighted by molar-refractivity contribution is 0.197. The first kappa shape index (κ1) is 6.62. The Morgan fingerprint density at radius 1 is 1.78 bits per heavy atom. The second-order valence-corrected chi connectivity index (χ2v) is 2.52. The Hall–Kier alpha value is -0.500. The third-order valence-electron chi connectivity index (χ3n) is 1.69. The van der Waals surface area contributed by atoms with Crippen molar-refractivity contribution >= 4 is 0 Å². The zero-order valence-corrected chi connectivity index (χ0v) is 5.96. The Morgan fingerprint density at radius 3 is 2.67 bits per heavy atom. The first-order valence-electron chi connectivity index (χ1n) is 3.31. The monoisotopic (exact) mass is 127 g/mol. The van der Waals surface area contributed by atoms with Crippen LogP contribution in [0.15, 0.2) is 11.8 Å². The van der Waals surface area contributed by atoms with E-state index in [1.807, 2.05) is 7.05 Å². The molecule has 0 saturated heterocycles. The van der Waals surface area contributed by atoms with Gasteiger partial charge in [-0.3, -0.25) is 0 Å². The van der Waals surface area contributed by atoms with E-state index in [-0.39, 0.29) is 6.10 Å². The quantitative estimate of drug-likeness (QED) is 0.557. The number of rotatable bonds is 1. The van der Waals surface area contributed by atoms with E-state index in [0.717, 1.165) is 18.7 Å². The van der Waals surface area contributed by atoms with Crippen molar-refractivity contribution in [3.05, 3.63) is 11.8 Å². The van der Waals surface area contributed by atoms with E-state index < -0.39 is 0 Å². The summed E-state index contributed by atoms with van der Waals surface area (Å²) in [5.41, 5.74) is 1.06. The van der Waals surface area contributed by atoms with E-state index in [4.69, 9.17) is 5.11 Å². The van der Waals surface area contributed by atoms with Crippen LogP contribution in [0.25, 0.3) is 0 Å². The molecule has 0 saturated carbocycles. The highest BCUT2D eigenvalue weighted by molar-refractivity contribution is 5.10. The van der Waals surface area contributed by atoms with Crippen molar-refractivity contribution in [3.63, 3.8) is 0 Å². The number of hydrogen-bond acceptors (Lipinski definition) is 2. The number of aliphatic hydroxyl groups excluding tert-OH is 1. The normalized spacial score (nSPS) is 22.1. The van der Waals surface area contributed by atoms with Gasteiger partial charge in [0.05, 0.1) is 6.10 Å². The average Bonchev–Trinajstić information content (AvgIpc) is 2.13. The van der Waals surface area contributed by atoms with E-state index in [9.17, 15) is 0 Å². The van der Waals surface area contributed by atoms with E-state index in [2.05, 4.69) is 11.0 Å². The van der Waals surface area contributed by atoms with Crippen LogP contribution in [0.2, 0.25) is 0 Å². The third kappa shape index (κ3) is 1.24. The Kier molecular flexibility index (Phi) is 1.76. The lowest BCUT2D eigenvalue weighted by atomic mass is 10.3. The van der Waals surface area contributed by atoms with E-state index in [1.165, 1.54) is 0 Å². The van der Waals surface area contributed by atoms with E-state index in [1.54, 1.807) is 6.92 Å². The van der Waals surface area contributed by atoms with Gasteiger partial charge in [-0.05, 0) is 13.3 Å². The Morgan fingerprint density at radius 2 is 2.44 bits per heavy atom. The summed E-state index contributed by atoms with van der Waals surface area (Å²) in [6.07, 6.45) is 2.87. The van der Waals surface area contributed by atoms with Crippen molar-refractivity contribution in [3.8, 4) is 0 Å². The number of hydrogen-bond donors (Lipinski definition) is 1. The second kappa shape index (κ2) is 2.40. The first-order chi connectivity index (χ1) is 4.22. The standard InChI is InChI=1S/C7H13NO/c1-6(9)7-4-3-5-8(7)2/h4,6,9H,3,5H2,1-2H3/t6-/m0/s1. The fourth-order valence-corrected chi connectivity index (χ4v) is 1.18. The van der Waals surface area contributed by atoms with Crippen molar-refractivity contribution in [2.75, 3.05) is 13.6 Å². The predicted molar refractivity (Wildman–Crippen MR) is 37.0 cm³/mol. The minimum Gasteiger partial charge on any atom is -0.387 e. The molecule has 0 spiro atoms. The van der Waals surface area contributed by atoms with Gasteiger partial charge in [0.15, 0.2) is 0 Å². The molecule has 52 valence electrons. The molecule has 0 radical (unpaired) electrons. The molecule has 1 N–H and O–H groups in total. The van der Waals surface area contributed by atoms with Crippen LogP contribution in [0, 0.1) is 0 Å². The van der Waals surface area contributed by atoms with Crippen molar-refractivity contribution in [2.45, 2.75) is 19.4 Å². The molecule has 0 aromatic heterocycles. The molecule has 2 heteroatoms. The first-order valence-corrected chi connectivity index (χ1v) is 3.31. The molecule has 0 aromatic rings. The molecule has 1 atom stereocenters. The summed E-state index contributed by atoms with van der Waals surface area (Å²) < 4.78 is 0. The maximum absolute atomic E-state index is 9.11. The molecule has 1 aliphatic heterocycles. The summed E-state index contributed by atoms with van der Waals surface area (Å²) in [6, 6.07) is 0. The average molecular weight is 127 g/mol. The molecule has 2 nitrogen and oxygen atoms in total. The van der Waals surface area contributed by atoms with Gasteiger partial charge < -0.3 is 10.0 Å². The molecular weight excluding hydrogens is 114 g/mol. The van der Waals surface area contributed by atoms with Gasteiger partial charge in [0, 0.05) is 19.3 Å². The van der Waals surface area contributed by atoms with Crippen LogP contribution in [-0.2, 0) is 0 Å². The maximum atomic E-state index is 9.11. The van der Waals surface area contributed by atoms with Gasteiger partial charge in [0.25, 0.3) is 0 Å². The summed E-state index contributed by atoms with van der Waals surface area (Å²) in [5, 5.41) is 9.11. The van der Waals surface area contributed by atoms with Crippen LogP contribution in [0.1, 0.15) is 13.3 Å². The SMILES string of the molecule is C[C@H](O)C1=CCCN1C. The highest BCUT2D eigenvalue weighted by Gasteiger charge is 2.13. The fraction of sp³-hybridized carbons (Fsp3) is 0.714. The maximum Gasteiger partial charge on any atom is 0.0905 e. The molecule has 0 aromatic carbocycles. The van der Waals surface area contributed by atoms with Crippen molar-refractivity contribution < 1.29 is 5.11 Å². The van der Waals surface area contributed by atoms with Crippen LogP contribution in [0.3, 0.4) is 0 Å². The Balaban J connectivity index is 2.57. The van der Waals surface area contributed by atoms with Gasteiger partial charge in [-0.15, -0.1) is 0 Å². The van der Waals surface area contributed by atoms with Gasteiger partial charge in [-0.25, -0.2) is 0 Å². The van der Waals surface area contributed by atoms with E-state index >= 15 is 0 Å². The predicted octanol–water partition coefficient (Wildman–Crippen LogP) is 0.587. The van der Waals surface area contributed by atoms with Crippen LogP contribution in [0.4, 0.5) is 0 Å². The molecule has 1 rings (SSSR count). The topological polar surface area (TPSA) is 23.5 Å². The second-order valence-electron chi connectivity index (χ2n) is 2.52. The summed E-state index contributed by atoms with van der Waals surface area (Å²) in [5.74, 6) is 0. The van der Waals surface area contributed by atoms with Gasteiger partial charge in [0.1, 0.15) is 0 Å². The summed E-state index contributed by atoms with van der Waals surface area (Å²) in [6.45, 7) is 2.86. The zero-order valence-electron chi connectivity index (χ0n) is 5.96. The molecule has 0 amide bonds. The van der Waals surface area contributed by atoms with E-state index in [0.29, 0.717) is 0 Å². The minimum atomic E-state index is -0.294. The molecular formula is C7H13NO. The Bertz CT molecular complexity index is 129. The van der Waals surface area contributed by atoms with Crippen molar-refractivity contribution in [1.29, 1.82) is 0 Å². The van der Waals surface area contributed by atoms with Crippen LogP contribution >= 0.6 is 0 Å². The number of aliphatic hydroxyl groups is 1. The number of nitrogens with zero attached hydrogens (tertiary/aromatic N) is 1. The smallest absolute Gasteiger partial charge is 0.0905 e. The minimum absolute atomic E-state index is 0.294. The molecule has 9 heavy (non-hydrogen) atoms. The van der Waals surface area contributed by atoms with Gasteiger partial charge in [-0.1, -0.05) is 6.08 Å². The third-order valence-corrected chi connectivity index (χ3v) is 1.69. The van der Waals surface area contributed by atoms with Gasteiger partial charge in [-0.2, -0.15) is 0 Å². The largest absolute Gasteiger partial charge is 0.387 e. The molecule has 0 aliphatic carbocycles. The number of likely N-dealkylation sites (N-methyl/N-ethyl adjacent to an activating group) is 1. The highest BCUT2D eigenvalue weighted by Crippen LogP contribution is 2.14. The molecule has 0 bridgehead atoms. The van der Waals surface area contributed by atoms with Crippen LogP contribution in [0.5, 0.6) is 0 Å². The fourth-order valence-electron chi connectivity index (χ4n) is 1.18. The summed E-state index contributed by atoms with van der Waals surface area (Å²) >= 11 is 0. The summed E-state index contributed by atoms with van der Waals surface area (Å²) in [4.78, 5) is 2.09.